The first-order valence-corrected chi connectivity index (χ1v) is 12.8. The summed E-state index contributed by atoms with van der Waals surface area (Å²) in [4.78, 5) is 25.1. The summed E-state index contributed by atoms with van der Waals surface area (Å²) >= 11 is 0. The second-order valence-corrected chi connectivity index (χ2v) is 11.5. The van der Waals surface area contributed by atoms with Gasteiger partial charge >= 0.3 is 0 Å². The summed E-state index contributed by atoms with van der Waals surface area (Å²) in [6.07, 6.45) is 8.77. The van der Waals surface area contributed by atoms with Crippen LogP contribution in [0.2, 0.25) is 0 Å². The number of carbonyl (C=O) groups is 2. The molecule has 4 aliphatic rings. The van der Waals surface area contributed by atoms with Crippen molar-refractivity contribution in [1.82, 2.24) is 5.48 Å². The van der Waals surface area contributed by atoms with Crippen molar-refractivity contribution in [3.8, 4) is 5.75 Å². The van der Waals surface area contributed by atoms with Crippen LogP contribution < -0.4 is 10.2 Å². The number of hydrogen-bond donors (Lipinski definition) is 2. The van der Waals surface area contributed by atoms with E-state index in [1.807, 2.05) is 12.2 Å². The van der Waals surface area contributed by atoms with E-state index in [-0.39, 0.29) is 48.1 Å². The van der Waals surface area contributed by atoms with Gasteiger partial charge < -0.3 is 9.47 Å². The number of amides is 1. The molecule has 1 aliphatic heterocycles. The molecule has 0 radical (unpaired) electrons. The van der Waals surface area contributed by atoms with Crippen molar-refractivity contribution in [2.24, 2.45) is 17.3 Å². The van der Waals surface area contributed by atoms with Gasteiger partial charge in [0.15, 0.2) is 20.4 Å². The third-order valence-electron chi connectivity index (χ3n) is 7.94. The van der Waals surface area contributed by atoms with Crippen molar-refractivity contribution in [1.29, 1.82) is 0 Å². The lowest BCUT2D eigenvalue weighted by atomic mass is 9.59. The SMILES string of the molecule is O=C1C2=CC=CC23CCC3C1CCOc1ccc(S(=O)(=O)C2(C(=O)NO)CCOCC2)cc1. The lowest BCUT2D eigenvalue weighted by molar-refractivity contribution is -0.134. The number of hydroxylamine groups is 1. The third kappa shape index (κ3) is 3.20. The molecule has 3 unspecified atom stereocenters. The van der Waals surface area contributed by atoms with E-state index in [1.54, 1.807) is 12.1 Å². The average molecular weight is 474 g/mol. The fraction of sp³-hybridized carbons (Fsp3) is 0.500. The molecule has 1 aromatic rings. The van der Waals surface area contributed by atoms with Gasteiger partial charge in [0.2, 0.25) is 0 Å². The molecule has 2 saturated carbocycles. The smallest absolute Gasteiger partial charge is 0.265 e. The molecular formula is C24H27NO7S. The molecule has 1 aromatic carbocycles. The highest BCUT2D eigenvalue weighted by atomic mass is 32.2. The Hall–Kier alpha value is -2.49. The Bertz CT molecular complexity index is 1130. The molecule has 33 heavy (non-hydrogen) atoms. The molecular weight excluding hydrogens is 446 g/mol. The highest BCUT2D eigenvalue weighted by Gasteiger charge is 2.61. The van der Waals surface area contributed by atoms with Crippen molar-refractivity contribution in [3.05, 3.63) is 48.1 Å². The summed E-state index contributed by atoms with van der Waals surface area (Å²) in [5, 5.41) is 9.15. The lowest BCUT2D eigenvalue weighted by Gasteiger charge is -2.43. The fourth-order valence-electron chi connectivity index (χ4n) is 5.98. The molecule has 3 aliphatic carbocycles. The van der Waals surface area contributed by atoms with Crippen LogP contribution in [-0.4, -0.2) is 49.9 Å². The normalized spacial score (nSPS) is 29.6. The van der Waals surface area contributed by atoms with Crippen molar-refractivity contribution in [2.45, 2.75) is 41.7 Å². The van der Waals surface area contributed by atoms with Crippen LogP contribution in [0.1, 0.15) is 32.1 Å². The van der Waals surface area contributed by atoms with Crippen LogP contribution in [0.25, 0.3) is 0 Å². The molecule has 176 valence electrons. The number of hydrogen-bond acceptors (Lipinski definition) is 7. The summed E-state index contributed by atoms with van der Waals surface area (Å²) < 4.78 is 35.9. The van der Waals surface area contributed by atoms with E-state index in [2.05, 4.69) is 6.08 Å². The highest BCUT2D eigenvalue weighted by molar-refractivity contribution is 7.93. The van der Waals surface area contributed by atoms with E-state index in [0.29, 0.717) is 24.7 Å². The van der Waals surface area contributed by atoms with E-state index in [0.717, 1.165) is 18.4 Å². The van der Waals surface area contributed by atoms with Gasteiger partial charge in [-0.1, -0.05) is 18.2 Å². The Labute approximate surface area is 192 Å². The first-order chi connectivity index (χ1) is 15.9. The zero-order valence-corrected chi connectivity index (χ0v) is 19.0. The van der Waals surface area contributed by atoms with Gasteiger partial charge in [-0.05, 0) is 62.3 Å². The number of nitrogens with one attached hydrogen (secondary N) is 1. The first kappa shape index (κ1) is 22.3. The Kier molecular flexibility index (Phi) is 5.46. The monoisotopic (exact) mass is 473 g/mol. The zero-order valence-electron chi connectivity index (χ0n) is 18.2. The Balaban J connectivity index is 1.25. The molecule has 9 heteroatoms. The summed E-state index contributed by atoms with van der Waals surface area (Å²) in [6.45, 7) is 0.589. The van der Waals surface area contributed by atoms with E-state index in [1.165, 1.54) is 17.6 Å². The number of carbonyl (C=O) groups excluding carboxylic acids is 2. The number of Topliss-reactive ketones (excluding diaryl/α,β-unsaturated/α-hetero) is 1. The molecule has 2 N–H and O–H groups in total. The van der Waals surface area contributed by atoms with Gasteiger partial charge in [0, 0.05) is 30.1 Å². The Morgan fingerprint density at radius 2 is 1.91 bits per heavy atom. The van der Waals surface area contributed by atoms with Gasteiger partial charge in [0.25, 0.3) is 5.91 Å². The van der Waals surface area contributed by atoms with E-state index in [4.69, 9.17) is 14.7 Å². The number of sulfone groups is 1. The molecule has 3 fully saturated rings. The second kappa shape index (κ2) is 8.07. The summed E-state index contributed by atoms with van der Waals surface area (Å²) in [7, 11) is -4.07. The maximum Gasteiger partial charge on any atom is 0.265 e. The van der Waals surface area contributed by atoms with Crippen LogP contribution in [-0.2, 0) is 24.2 Å². The molecule has 3 atom stereocenters. The maximum atomic E-state index is 13.3. The molecule has 5 rings (SSSR count). The second-order valence-electron chi connectivity index (χ2n) is 9.26. The van der Waals surface area contributed by atoms with Crippen LogP contribution in [0.4, 0.5) is 0 Å². The summed E-state index contributed by atoms with van der Waals surface area (Å²) in [5.74, 6) is 0.112. The highest BCUT2D eigenvalue weighted by Crippen LogP contribution is 2.64. The standard InChI is InChI=1S/C24H27NO7S/c26-21-18(19-7-10-23(19)9-1-2-20(21)23)8-13-32-16-3-5-17(6-4-16)33(29,30)24(22(27)25-28)11-14-31-15-12-24/h1-6,9,18-19,28H,7-8,10-15H2,(H,25,27). The van der Waals surface area contributed by atoms with Gasteiger partial charge in [-0.2, -0.15) is 0 Å². The first-order valence-electron chi connectivity index (χ1n) is 11.3. The van der Waals surface area contributed by atoms with Gasteiger partial charge in [0.1, 0.15) is 5.75 Å². The molecule has 1 spiro atoms. The van der Waals surface area contributed by atoms with Gasteiger partial charge in [-0.25, -0.2) is 13.9 Å². The van der Waals surface area contributed by atoms with Gasteiger partial charge in [-0.15, -0.1) is 0 Å². The van der Waals surface area contributed by atoms with Crippen LogP contribution in [0.5, 0.6) is 5.75 Å². The third-order valence-corrected chi connectivity index (χ3v) is 10.5. The largest absolute Gasteiger partial charge is 0.494 e. The van der Waals surface area contributed by atoms with E-state index in [9.17, 15) is 18.0 Å². The number of rotatable bonds is 7. The Morgan fingerprint density at radius 3 is 2.52 bits per heavy atom. The molecule has 8 nitrogen and oxygen atoms in total. The number of ether oxygens (including phenoxy) is 2. The summed E-state index contributed by atoms with van der Waals surface area (Å²) in [6, 6.07) is 5.93. The predicted molar refractivity (Wildman–Crippen MR) is 117 cm³/mol. The number of benzene rings is 1. The minimum atomic E-state index is -4.07. The quantitative estimate of drug-likeness (QED) is 0.461. The van der Waals surface area contributed by atoms with Crippen LogP contribution in [0, 0.1) is 17.3 Å². The van der Waals surface area contributed by atoms with Crippen LogP contribution >= 0.6 is 0 Å². The Morgan fingerprint density at radius 1 is 1.18 bits per heavy atom. The predicted octanol–water partition coefficient (Wildman–Crippen LogP) is 2.38. The van der Waals surface area contributed by atoms with Crippen LogP contribution in [0.15, 0.2) is 53.0 Å². The summed E-state index contributed by atoms with van der Waals surface area (Å²) in [5.41, 5.74) is 2.43. The van der Waals surface area contributed by atoms with Gasteiger partial charge in [-0.3, -0.25) is 14.8 Å². The van der Waals surface area contributed by atoms with Gasteiger partial charge in [0.05, 0.1) is 11.5 Å². The molecule has 1 heterocycles. The minimum Gasteiger partial charge on any atom is -0.494 e. The topological polar surface area (TPSA) is 119 Å². The van der Waals surface area contributed by atoms with Crippen molar-refractivity contribution in [2.75, 3.05) is 19.8 Å². The molecule has 1 amide bonds. The lowest BCUT2D eigenvalue weighted by Crippen LogP contribution is -2.54. The van der Waals surface area contributed by atoms with E-state index < -0.39 is 20.5 Å². The number of ketones is 1. The minimum absolute atomic E-state index is 0.0192. The molecule has 1 saturated heterocycles. The average Bonchev–Trinajstić information content (AvgIpc) is 3.34. The maximum absolute atomic E-state index is 13.3. The van der Waals surface area contributed by atoms with E-state index >= 15 is 0 Å². The van der Waals surface area contributed by atoms with Crippen molar-refractivity contribution in [3.63, 3.8) is 0 Å². The fourth-order valence-corrected chi connectivity index (χ4v) is 7.92. The van der Waals surface area contributed by atoms with Crippen LogP contribution in [0.3, 0.4) is 0 Å². The zero-order chi connectivity index (χ0) is 23.3. The van der Waals surface area contributed by atoms with Crippen molar-refractivity contribution >= 4 is 21.5 Å². The van der Waals surface area contributed by atoms with Crippen molar-refractivity contribution < 1.29 is 32.7 Å². The number of allylic oxidation sites excluding steroid dienone is 4. The molecule has 0 bridgehead atoms. The molecule has 0 aromatic heterocycles.